The fourth-order valence-corrected chi connectivity index (χ4v) is 14.4. The van der Waals surface area contributed by atoms with Crippen molar-refractivity contribution in [2.24, 2.45) is 0 Å². The van der Waals surface area contributed by atoms with E-state index < -0.39 is 0 Å². The molecule has 0 heterocycles. The molecule has 0 aliphatic rings. The fourth-order valence-electron chi connectivity index (χ4n) is 14.4. The van der Waals surface area contributed by atoms with Crippen molar-refractivity contribution < 1.29 is 156 Å². The Morgan fingerprint density at radius 2 is 0.448 bits per heavy atom. The van der Waals surface area contributed by atoms with E-state index in [1.165, 1.54) is 164 Å². The van der Waals surface area contributed by atoms with Crippen molar-refractivity contribution in [2.45, 2.75) is 171 Å². The molecule has 16 aromatic rings. The summed E-state index contributed by atoms with van der Waals surface area (Å²) < 4.78 is 5.14. The van der Waals surface area contributed by atoms with Crippen molar-refractivity contribution in [1.82, 2.24) is 0 Å². The molecule has 1 nitrogen and oxygen atoms in total. The average molecular weight is 1480 g/mol. The molecule has 0 atom stereocenters. The summed E-state index contributed by atoms with van der Waals surface area (Å²) in [5, 5.41) is 24.7. The molecule has 0 fully saturated rings. The van der Waals surface area contributed by atoms with Crippen molar-refractivity contribution >= 4 is 109 Å². The van der Waals surface area contributed by atoms with Gasteiger partial charge in [0.2, 0.25) is 0 Å². The quantitative estimate of drug-likeness (QED) is 0.126. The molecule has 105 heavy (non-hydrogen) atoms. The summed E-state index contributed by atoms with van der Waals surface area (Å²) in [6, 6.07) is 94.2. The van der Waals surface area contributed by atoms with Gasteiger partial charge < -0.3 is 4.65 Å². The Hall–Kier alpha value is -4.30. The maximum Gasteiger partial charge on any atom is 0.323 e. The van der Waals surface area contributed by atoms with Crippen LogP contribution in [0, 0.1) is 158 Å². The first-order valence-corrected chi connectivity index (χ1v) is 36.6. The van der Waals surface area contributed by atoms with Crippen molar-refractivity contribution in [1.29, 1.82) is 0 Å². The molecule has 0 N–H and O–H groups in total. The number of aryl methyl sites for hydroxylation is 1. The first-order valence-electron chi connectivity index (χ1n) is 36.6. The maximum atomic E-state index is 5.14. The summed E-state index contributed by atoms with van der Waals surface area (Å²) in [5.74, 6) is 0. The molecule has 16 rings (SSSR count). The fraction of sp³-hybridized carbons (Fsp3) is 0.273. The molecule has 0 unspecified atom stereocenters. The molecular formula is C99H105Ar4BO. The minimum absolute atomic E-state index is 0. The topological polar surface area (TPSA) is 9.23 Å². The van der Waals surface area contributed by atoms with Gasteiger partial charge in [0.25, 0.3) is 0 Å². The van der Waals surface area contributed by atoms with E-state index >= 15 is 0 Å². The summed E-state index contributed by atoms with van der Waals surface area (Å²) in [5.41, 5.74) is 17.0. The number of rotatable bonds is 4. The van der Waals surface area contributed by atoms with Gasteiger partial charge in [0.1, 0.15) is 0 Å². The van der Waals surface area contributed by atoms with Crippen molar-refractivity contribution in [3.63, 3.8) is 0 Å². The standard InChI is InChI=1S/2C30H30.C24H26.C8H11BO.C7H8.4Ar/c2*1-29(2,3)23-14-20-12-13-21-15-24(30(4,5)6)18-26-25(19-10-8-7-9-11-19)17-22(16-23)27(20)28(21)26;1-23(2,3)19-11-15-7-9-17-13-20(24(4,5)6)14-18-10-8-16(12-19)21(15)22(17)18;1-9(10-2)8-6-4-3-5-7-8;1-7-5-3-2-4-6-7;;;;/h2*7-18H,1-6H3;7-14H,1-6H3;3-7H,1-2H3;2-6H,1H3;;;;. The van der Waals surface area contributed by atoms with Gasteiger partial charge in [-0.2, -0.15) is 0 Å². The third-order valence-electron chi connectivity index (χ3n) is 20.8. The second-order valence-corrected chi connectivity index (χ2v) is 34.7. The molecule has 0 radical (unpaired) electrons. The van der Waals surface area contributed by atoms with Crippen LogP contribution in [-0.4, -0.2) is 14.0 Å². The number of hydrogen-bond donors (Lipinski definition) is 0. The van der Waals surface area contributed by atoms with Crippen LogP contribution in [0.2, 0.25) is 6.82 Å². The number of hydrogen-bond acceptors (Lipinski definition) is 1. The second kappa shape index (κ2) is 34.5. The maximum absolute atomic E-state index is 5.14. The molecule has 0 spiro atoms. The van der Waals surface area contributed by atoms with Crippen LogP contribution < -0.4 is 5.46 Å². The van der Waals surface area contributed by atoms with Crippen LogP contribution in [0.5, 0.6) is 0 Å². The van der Waals surface area contributed by atoms with Gasteiger partial charge in [-0.1, -0.05) is 368 Å². The molecule has 0 saturated heterocycles. The molecule has 0 saturated carbocycles. The molecule has 0 bridgehead atoms. The first kappa shape index (κ1) is 86.3. The first-order chi connectivity index (χ1) is 47.6. The number of benzene rings is 16. The minimum Gasteiger partial charge on any atom is -0.434 e. The van der Waals surface area contributed by atoms with Crippen LogP contribution >= 0.6 is 0 Å². The normalized spacial score (nSPS) is 12.0. The monoisotopic (exact) mass is 1480 g/mol. The summed E-state index contributed by atoms with van der Waals surface area (Å²) in [7, 11) is 1.72. The summed E-state index contributed by atoms with van der Waals surface area (Å²) in [6.07, 6.45) is 0. The Morgan fingerprint density at radius 1 is 0.238 bits per heavy atom. The predicted octanol–water partition coefficient (Wildman–Crippen LogP) is 28.0. The molecule has 16 aromatic carbocycles. The van der Waals surface area contributed by atoms with E-state index in [2.05, 4.69) is 350 Å². The van der Waals surface area contributed by atoms with Crippen LogP contribution in [0.4, 0.5) is 0 Å². The molecule has 0 aliphatic heterocycles. The Kier molecular flexibility index (Phi) is 28.4. The third-order valence-corrected chi connectivity index (χ3v) is 20.8. The van der Waals surface area contributed by atoms with E-state index in [0.717, 1.165) is 0 Å². The van der Waals surface area contributed by atoms with Crippen LogP contribution in [0.15, 0.2) is 255 Å². The smallest absolute Gasteiger partial charge is 0.323 e. The van der Waals surface area contributed by atoms with Gasteiger partial charge in [0, 0.05) is 158 Å². The van der Waals surface area contributed by atoms with E-state index in [0.29, 0.717) is 0 Å². The van der Waals surface area contributed by atoms with Gasteiger partial charge in [0.15, 0.2) is 0 Å². The van der Waals surface area contributed by atoms with Crippen LogP contribution in [-0.2, 0) is 37.1 Å². The van der Waals surface area contributed by atoms with Crippen LogP contribution in [0.1, 0.15) is 164 Å². The molecular weight excluding hydrogens is 1380 g/mol. The summed E-state index contributed by atoms with van der Waals surface area (Å²) in [6.45, 7) is 45.7. The summed E-state index contributed by atoms with van der Waals surface area (Å²) in [4.78, 5) is 0. The van der Waals surface area contributed by atoms with Gasteiger partial charge >= 0.3 is 6.92 Å². The largest absolute Gasteiger partial charge is 0.434 e. The van der Waals surface area contributed by atoms with Crippen LogP contribution in [0.25, 0.3) is 119 Å². The van der Waals surface area contributed by atoms with Gasteiger partial charge in [-0.15, -0.1) is 0 Å². The molecule has 0 amide bonds. The van der Waals surface area contributed by atoms with E-state index in [1.54, 1.807) is 7.11 Å². The van der Waals surface area contributed by atoms with E-state index in [-0.39, 0.29) is 190 Å². The van der Waals surface area contributed by atoms with Gasteiger partial charge in [-0.25, -0.2) is 0 Å². The van der Waals surface area contributed by atoms with Gasteiger partial charge in [-0.05, 0) is 222 Å². The Balaban J connectivity index is 0.000000176. The van der Waals surface area contributed by atoms with E-state index in [9.17, 15) is 0 Å². The van der Waals surface area contributed by atoms with Gasteiger partial charge in [0.05, 0.1) is 0 Å². The predicted molar refractivity (Wildman–Crippen MR) is 449 cm³/mol. The van der Waals surface area contributed by atoms with E-state index in [4.69, 9.17) is 4.65 Å². The van der Waals surface area contributed by atoms with Crippen LogP contribution in [0.3, 0.4) is 0 Å². The molecule has 542 valence electrons. The zero-order chi connectivity index (χ0) is 72.3. The second-order valence-electron chi connectivity index (χ2n) is 34.7. The third kappa shape index (κ3) is 19.4. The van der Waals surface area contributed by atoms with E-state index in [1.807, 2.05) is 43.2 Å². The Morgan fingerprint density at radius 3 is 0.676 bits per heavy atom. The molecule has 0 aromatic heterocycles. The minimum atomic E-state index is 0. The Labute approximate surface area is 748 Å². The van der Waals surface area contributed by atoms with Gasteiger partial charge in [-0.3, -0.25) is 0 Å². The average Bonchev–Trinajstić information content (AvgIpc) is 0.731. The Bertz CT molecular complexity index is 5190. The zero-order valence-electron chi connectivity index (χ0n) is 65.6. The SMILES string of the molecule is CC(C)(C)c1cc2ccc3cc(C(C)(C)C)cc4c(-c5ccccc5)cc(c1)c2c34.CC(C)(C)c1cc2ccc3cc(C(C)(C)C)cc4c(-c5ccccc5)cc(c1)c2c34.CC(C)(C)c1cc2ccc3cc(C(C)(C)C)cc4ccc(c1)c2c34.COB(C)c1ccccc1.Cc1ccccc1.[Ar].[Ar].[Ar].[Ar]. The van der Waals surface area contributed by atoms with Crippen molar-refractivity contribution in [3.8, 4) is 22.3 Å². The summed E-state index contributed by atoms with van der Waals surface area (Å²) >= 11 is 0. The molecule has 6 heteroatoms. The van der Waals surface area contributed by atoms with Crippen molar-refractivity contribution in [3.05, 3.63) is 294 Å². The van der Waals surface area contributed by atoms with Crippen molar-refractivity contribution in [2.75, 3.05) is 7.11 Å². The zero-order valence-corrected chi connectivity index (χ0v) is 68.5. The molecule has 0 aliphatic carbocycles.